The molecule has 0 aliphatic heterocycles. The molecule has 1 aromatic rings. The van der Waals surface area contributed by atoms with E-state index in [0.29, 0.717) is 5.69 Å². The smallest absolute Gasteiger partial charge is 0.404 e. The lowest BCUT2D eigenvalue weighted by atomic mass is 10.1. The molecule has 0 bridgehead atoms. The van der Waals surface area contributed by atoms with Gasteiger partial charge in [-0.15, -0.1) is 13.2 Å². The van der Waals surface area contributed by atoms with Crippen LogP contribution in [0.1, 0.15) is 17.0 Å². The maximum atomic E-state index is 12.0. The van der Waals surface area contributed by atoms with Gasteiger partial charge in [0.25, 0.3) is 0 Å². The lowest BCUT2D eigenvalue weighted by Crippen LogP contribution is -2.19. The quantitative estimate of drug-likeness (QED) is 0.828. The molecular formula is C9H11F3N2O2. The molecule has 0 aliphatic carbocycles. The maximum absolute atomic E-state index is 12.0. The summed E-state index contributed by atoms with van der Waals surface area (Å²) in [5.74, 6) is -0.422. The molecule has 0 saturated heterocycles. The Balaban J connectivity index is 3.11. The molecule has 1 rings (SSSR count). The minimum absolute atomic E-state index is 0.0447. The van der Waals surface area contributed by atoms with Gasteiger partial charge in [-0.1, -0.05) is 0 Å². The van der Waals surface area contributed by atoms with E-state index >= 15 is 0 Å². The molecule has 16 heavy (non-hydrogen) atoms. The highest BCUT2D eigenvalue weighted by molar-refractivity contribution is 5.34. The van der Waals surface area contributed by atoms with Gasteiger partial charge in [0, 0.05) is 12.1 Å². The molecule has 3 N–H and O–H groups in total. The highest BCUT2D eigenvalue weighted by Gasteiger charge is 2.32. The normalized spacial score (nSPS) is 11.6. The van der Waals surface area contributed by atoms with Crippen molar-refractivity contribution in [3.63, 3.8) is 0 Å². The van der Waals surface area contributed by atoms with Crippen LogP contribution in [0.4, 0.5) is 13.2 Å². The maximum Gasteiger partial charge on any atom is 0.573 e. The van der Waals surface area contributed by atoms with Crippen LogP contribution in [0.5, 0.6) is 5.75 Å². The molecule has 0 unspecified atom stereocenters. The van der Waals surface area contributed by atoms with E-state index in [1.54, 1.807) is 0 Å². The Kier molecular flexibility index (Phi) is 3.71. The van der Waals surface area contributed by atoms with Gasteiger partial charge in [-0.25, -0.2) is 0 Å². The third-order valence-corrected chi connectivity index (χ3v) is 1.92. The number of pyridine rings is 1. The molecule has 0 saturated carbocycles. The lowest BCUT2D eigenvalue weighted by molar-refractivity contribution is -0.275. The standard InChI is InChI=1S/C9H11F3N2O2/c1-5-8(16-9(10,11)12)2-6(4-15)7(3-13)14-5/h2,15H,3-4,13H2,1H3. The van der Waals surface area contributed by atoms with E-state index < -0.39 is 18.7 Å². The summed E-state index contributed by atoms with van der Waals surface area (Å²) in [6.07, 6.45) is -4.77. The van der Waals surface area contributed by atoms with Crippen LogP contribution in [0.2, 0.25) is 0 Å². The van der Waals surface area contributed by atoms with Crippen molar-refractivity contribution in [2.75, 3.05) is 0 Å². The number of aliphatic hydroxyl groups excluding tert-OH is 1. The van der Waals surface area contributed by atoms with Crippen LogP contribution in [0.3, 0.4) is 0 Å². The van der Waals surface area contributed by atoms with E-state index in [1.165, 1.54) is 6.92 Å². The number of nitrogens with two attached hydrogens (primary N) is 1. The lowest BCUT2D eigenvalue weighted by Gasteiger charge is -2.13. The number of nitrogens with zero attached hydrogens (tertiary/aromatic N) is 1. The number of ether oxygens (including phenoxy) is 1. The van der Waals surface area contributed by atoms with E-state index in [-0.39, 0.29) is 17.8 Å². The van der Waals surface area contributed by atoms with Crippen molar-refractivity contribution in [3.05, 3.63) is 23.0 Å². The first-order chi connectivity index (χ1) is 7.37. The molecule has 0 spiro atoms. The first-order valence-electron chi connectivity index (χ1n) is 4.43. The number of alkyl halides is 3. The molecule has 0 aliphatic rings. The molecular weight excluding hydrogens is 225 g/mol. The zero-order valence-corrected chi connectivity index (χ0v) is 8.51. The zero-order chi connectivity index (χ0) is 12.3. The van der Waals surface area contributed by atoms with E-state index in [0.717, 1.165) is 6.07 Å². The fraction of sp³-hybridized carbons (Fsp3) is 0.444. The Labute approximate surface area is 89.9 Å². The highest BCUT2D eigenvalue weighted by Crippen LogP contribution is 2.27. The molecule has 0 fully saturated rings. The molecule has 0 atom stereocenters. The van der Waals surface area contributed by atoms with Gasteiger partial charge in [0.2, 0.25) is 0 Å². The second kappa shape index (κ2) is 4.67. The molecule has 4 nitrogen and oxygen atoms in total. The summed E-state index contributed by atoms with van der Waals surface area (Å²) >= 11 is 0. The predicted molar refractivity (Wildman–Crippen MR) is 49.5 cm³/mol. The molecule has 0 aromatic carbocycles. The molecule has 90 valence electrons. The van der Waals surface area contributed by atoms with Crippen molar-refractivity contribution in [1.82, 2.24) is 4.98 Å². The van der Waals surface area contributed by atoms with Gasteiger partial charge in [0.15, 0.2) is 5.75 Å². The summed E-state index contributed by atoms with van der Waals surface area (Å²) in [6.45, 7) is 0.985. The van der Waals surface area contributed by atoms with Gasteiger partial charge in [0.05, 0.1) is 18.0 Å². The number of hydrogen-bond acceptors (Lipinski definition) is 4. The topological polar surface area (TPSA) is 68.4 Å². The average molecular weight is 236 g/mol. The number of aliphatic hydroxyl groups is 1. The second-order valence-corrected chi connectivity index (χ2v) is 3.09. The first-order valence-corrected chi connectivity index (χ1v) is 4.43. The van der Waals surface area contributed by atoms with Crippen molar-refractivity contribution in [3.8, 4) is 5.75 Å². The third kappa shape index (κ3) is 3.07. The van der Waals surface area contributed by atoms with Crippen LogP contribution in [-0.4, -0.2) is 16.5 Å². The summed E-state index contributed by atoms with van der Waals surface area (Å²) in [7, 11) is 0. The molecule has 1 heterocycles. The van der Waals surface area contributed by atoms with Crippen LogP contribution in [-0.2, 0) is 13.2 Å². The van der Waals surface area contributed by atoms with E-state index in [4.69, 9.17) is 10.8 Å². The first kappa shape index (κ1) is 12.7. The Bertz CT molecular complexity index is 380. The van der Waals surface area contributed by atoms with E-state index in [1.807, 2.05) is 0 Å². The monoisotopic (exact) mass is 236 g/mol. The van der Waals surface area contributed by atoms with Gasteiger partial charge in [-0.3, -0.25) is 4.98 Å². The van der Waals surface area contributed by atoms with E-state index in [9.17, 15) is 13.2 Å². The van der Waals surface area contributed by atoms with Gasteiger partial charge in [-0.05, 0) is 13.0 Å². The fourth-order valence-corrected chi connectivity index (χ4v) is 1.22. The summed E-state index contributed by atoms with van der Waals surface area (Å²) in [4.78, 5) is 3.84. The molecule has 7 heteroatoms. The Morgan fingerprint density at radius 1 is 1.50 bits per heavy atom. The van der Waals surface area contributed by atoms with Crippen LogP contribution in [0, 0.1) is 6.92 Å². The fourth-order valence-electron chi connectivity index (χ4n) is 1.22. The average Bonchev–Trinajstić information content (AvgIpc) is 2.18. The number of aromatic nitrogens is 1. The second-order valence-electron chi connectivity index (χ2n) is 3.09. The van der Waals surface area contributed by atoms with Gasteiger partial charge >= 0.3 is 6.36 Å². The summed E-state index contributed by atoms with van der Waals surface area (Å²) in [6, 6.07) is 1.10. The Morgan fingerprint density at radius 3 is 2.56 bits per heavy atom. The highest BCUT2D eigenvalue weighted by atomic mass is 19.4. The summed E-state index contributed by atoms with van der Waals surface area (Å²) in [5, 5.41) is 8.93. The van der Waals surface area contributed by atoms with Crippen LogP contribution < -0.4 is 10.5 Å². The van der Waals surface area contributed by atoms with Crippen molar-refractivity contribution in [2.45, 2.75) is 26.4 Å². The van der Waals surface area contributed by atoms with E-state index in [2.05, 4.69) is 9.72 Å². The SMILES string of the molecule is Cc1nc(CN)c(CO)cc1OC(F)(F)F. The van der Waals surface area contributed by atoms with Crippen LogP contribution >= 0.6 is 0 Å². The van der Waals surface area contributed by atoms with Gasteiger partial charge < -0.3 is 15.6 Å². The van der Waals surface area contributed by atoms with Crippen molar-refractivity contribution >= 4 is 0 Å². The number of rotatable bonds is 3. The predicted octanol–water partition coefficient (Wildman–Crippen LogP) is 1.24. The van der Waals surface area contributed by atoms with Crippen LogP contribution in [0.25, 0.3) is 0 Å². The van der Waals surface area contributed by atoms with Crippen molar-refractivity contribution in [1.29, 1.82) is 0 Å². The summed E-state index contributed by atoms with van der Waals surface area (Å²) < 4.78 is 39.8. The van der Waals surface area contributed by atoms with Crippen molar-refractivity contribution < 1.29 is 23.0 Å². The molecule has 0 amide bonds. The Morgan fingerprint density at radius 2 is 2.12 bits per heavy atom. The van der Waals surface area contributed by atoms with Gasteiger partial charge in [0.1, 0.15) is 0 Å². The molecule has 0 radical (unpaired) electrons. The van der Waals surface area contributed by atoms with Crippen molar-refractivity contribution in [2.24, 2.45) is 5.73 Å². The largest absolute Gasteiger partial charge is 0.573 e. The Hall–Kier alpha value is -1.34. The minimum atomic E-state index is -4.77. The summed E-state index contributed by atoms with van der Waals surface area (Å²) in [5.41, 5.74) is 6.00. The minimum Gasteiger partial charge on any atom is -0.404 e. The molecule has 1 aromatic heterocycles. The third-order valence-electron chi connectivity index (χ3n) is 1.92. The number of halogens is 3. The van der Waals surface area contributed by atoms with Gasteiger partial charge in [-0.2, -0.15) is 0 Å². The number of aryl methyl sites for hydroxylation is 1. The number of hydrogen-bond donors (Lipinski definition) is 2. The zero-order valence-electron chi connectivity index (χ0n) is 8.51. The van der Waals surface area contributed by atoms with Crippen LogP contribution in [0.15, 0.2) is 6.07 Å².